The van der Waals surface area contributed by atoms with Crippen LogP contribution in [0, 0.1) is 0 Å². The molecule has 1 heterocycles. The van der Waals surface area contributed by atoms with Gasteiger partial charge in [0.1, 0.15) is 11.3 Å². The first kappa shape index (κ1) is 14.7. The molecule has 1 aromatic heterocycles. The summed E-state index contributed by atoms with van der Waals surface area (Å²) in [4.78, 5) is 15.8. The summed E-state index contributed by atoms with van der Waals surface area (Å²) in [5, 5.41) is 0. The van der Waals surface area contributed by atoms with Crippen LogP contribution in [0.4, 0.5) is 0 Å². The molecular weight excluding hydrogens is 238 g/mol. The van der Waals surface area contributed by atoms with Crippen LogP contribution in [0.2, 0.25) is 0 Å². The van der Waals surface area contributed by atoms with Crippen molar-refractivity contribution in [1.82, 2.24) is 4.98 Å². The van der Waals surface area contributed by atoms with Gasteiger partial charge in [-0.25, -0.2) is 9.78 Å². The molecule has 0 saturated carbocycles. The highest BCUT2D eigenvalue weighted by Gasteiger charge is 2.33. The minimum absolute atomic E-state index is 0.0612. The van der Waals surface area contributed by atoms with Gasteiger partial charge in [-0.05, 0) is 13.3 Å². The smallest absolute Gasteiger partial charge is 0.376 e. The first-order chi connectivity index (χ1) is 8.52. The number of methoxy groups -OCH3 is 3. The van der Waals surface area contributed by atoms with Crippen LogP contribution in [0.1, 0.15) is 42.4 Å². The van der Waals surface area contributed by atoms with Gasteiger partial charge in [0, 0.05) is 14.2 Å². The fourth-order valence-electron chi connectivity index (χ4n) is 1.45. The van der Waals surface area contributed by atoms with Gasteiger partial charge in [0.05, 0.1) is 13.7 Å². The van der Waals surface area contributed by atoms with E-state index in [2.05, 4.69) is 9.72 Å². The summed E-state index contributed by atoms with van der Waals surface area (Å²) in [6, 6.07) is 0. The van der Waals surface area contributed by atoms with E-state index in [0.717, 1.165) is 0 Å². The highest BCUT2D eigenvalue weighted by Crippen LogP contribution is 2.29. The summed E-state index contributed by atoms with van der Waals surface area (Å²) in [6.45, 7) is 3.97. The average Bonchev–Trinajstić information content (AvgIpc) is 2.82. The van der Waals surface area contributed by atoms with E-state index in [0.29, 0.717) is 18.0 Å². The van der Waals surface area contributed by atoms with Crippen LogP contribution < -0.4 is 0 Å². The maximum absolute atomic E-state index is 11.6. The fraction of sp³-hybridized carbons (Fsp3) is 0.667. The second kappa shape index (κ2) is 5.97. The molecule has 1 atom stereocenters. The summed E-state index contributed by atoms with van der Waals surface area (Å²) < 4.78 is 20.5. The predicted molar refractivity (Wildman–Crippen MR) is 63.2 cm³/mol. The minimum atomic E-state index is -0.672. The van der Waals surface area contributed by atoms with Gasteiger partial charge < -0.3 is 18.6 Å². The van der Waals surface area contributed by atoms with Crippen LogP contribution >= 0.6 is 0 Å². The molecular formula is C12H19NO5. The van der Waals surface area contributed by atoms with Crippen LogP contribution in [0.3, 0.4) is 0 Å². The molecule has 0 aliphatic heterocycles. The summed E-state index contributed by atoms with van der Waals surface area (Å²) in [5.74, 6) is -0.165. The molecule has 0 N–H and O–H groups in total. The normalized spacial score (nSPS) is 14.3. The second-order valence-corrected chi connectivity index (χ2v) is 4.01. The summed E-state index contributed by atoms with van der Waals surface area (Å²) in [6.07, 6.45) is 0.664. The molecule has 102 valence electrons. The van der Waals surface area contributed by atoms with Crippen molar-refractivity contribution < 1.29 is 23.4 Å². The molecule has 18 heavy (non-hydrogen) atoms. The average molecular weight is 257 g/mol. The monoisotopic (exact) mass is 257 g/mol. The molecule has 0 aromatic carbocycles. The number of hydrogen-bond acceptors (Lipinski definition) is 6. The molecule has 0 aliphatic carbocycles. The number of aromatic nitrogens is 1. The molecule has 0 bridgehead atoms. The third-order valence-electron chi connectivity index (χ3n) is 2.93. The van der Waals surface area contributed by atoms with Crippen molar-refractivity contribution in [3.05, 3.63) is 17.3 Å². The third-order valence-corrected chi connectivity index (χ3v) is 2.93. The number of rotatable bonds is 6. The lowest BCUT2D eigenvalue weighted by molar-refractivity contribution is -0.0243. The lowest BCUT2D eigenvalue weighted by atomic mass is 10.0. The minimum Gasteiger partial charge on any atom is -0.463 e. The molecule has 0 saturated heterocycles. The largest absolute Gasteiger partial charge is 0.463 e. The fourth-order valence-corrected chi connectivity index (χ4v) is 1.45. The third kappa shape index (κ3) is 2.70. The number of oxazole rings is 1. The molecule has 0 aliphatic rings. The van der Waals surface area contributed by atoms with Crippen molar-refractivity contribution in [1.29, 1.82) is 0 Å². The Bertz CT molecular complexity index is 409. The molecule has 6 heteroatoms. The molecule has 0 radical (unpaired) electrons. The number of hydrogen-bond donors (Lipinski definition) is 0. The van der Waals surface area contributed by atoms with Gasteiger partial charge in [-0.2, -0.15) is 0 Å². The van der Waals surface area contributed by atoms with Crippen LogP contribution in [0.25, 0.3) is 0 Å². The Hall–Kier alpha value is -1.40. The molecule has 6 nitrogen and oxygen atoms in total. The van der Waals surface area contributed by atoms with E-state index in [9.17, 15) is 4.79 Å². The Morgan fingerprint density at radius 2 is 2.06 bits per heavy atom. The lowest BCUT2D eigenvalue weighted by Gasteiger charge is -2.22. The maximum atomic E-state index is 11.6. The number of nitrogens with zero attached hydrogens (tertiary/aromatic N) is 1. The van der Waals surface area contributed by atoms with Crippen LogP contribution in [0.5, 0.6) is 0 Å². The van der Waals surface area contributed by atoms with E-state index in [1.54, 1.807) is 7.11 Å². The van der Waals surface area contributed by atoms with Crippen molar-refractivity contribution >= 4 is 5.97 Å². The summed E-state index contributed by atoms with van der Waals surface area (Å²) in [7, 11) is 4.38. The molecule has 0 amide bonds. The van der Waals surface area contributed by atoms with Gasteiger partial charge in [-0.3, -0.25) is 0 Å². The van der Waals surface area contributed by atoms with Crippen molar-refractivity contribution in [2.45, 2.75) is 32.5 Å². The van der Waals surface area contributed by atoms with E-state index in [4.69, 9.17) is 13.9 Å². The second-order valence-electron chi connectivity index (χ2n) is 4.01. The van der Waals surface area contributed by atoms with Crippen molar-refractivity contribution in [3.8, 4) is 0 Å². The molecule has 1 unspecified atom stereocenters. The molecule has 0 spiro atoms. The van der Waals surface area contributed by atoms with Gasteiger partial charge >= 0.3 is 5.97 Å². The first-order valence-electron chi connectivity index (χ1n) is 5.65. The van der Waals surface area contributed by atoms with Crippen molar-refractivity contribution in [3.63, 3.8) is 0 Å². The Morgan fingerprint density at radius 1 is 1.39 bits per heavy atom. The lowest BCUT2D eigenvalue weighted by Crippen LogP contribution is -2.23. The van der Waals surface area contributed by atoms with E-state index in [-0.39, 0.29) is 12.4 Å². The SMILES string of the molecule is CCC(C)(OC)c1nc(COC)c(C(=O)OC)o1. The van der Waals surface area contributed by atoms with E-state index >= 15 is 0 Å². The molecule has 1 rings (SSSR count). The number of carbonyl (C=O) groups excluding carboxylic acids is 1. The quantitative estimate of drug-likeness (QED) is 0.725. The van der Waals surface area contributed by atoms with E-state index in [1.165, 1.54) is 14.2 Å². The first-order valence-corrected chi connectivity index (χ1v) is 5.65. The maximum Gasteiger partial charge on any atom is 0.376 e. The Kier molecular flexibility index (Phi) is 4.86. The summed E-state index contributed by atoms with van der Waals surface area (Å²) >= 11 is 0. The van der Waals surface area contributed by atoms with Crippen LogP contribution in [-0.4, -0.2) is 32.3 Å². The highest BCUT2D eigenvalue weighted by atomic mass is 16.5. The zero-order valence-corrected chi connectivity index (χ0v) is 11.4. The Labute approximate surface area is 106 Å². The zero-order chi connectivity index (χ0) is 13.8. The van der Waals surface area contributed by atoms with Crippen molar-refractivity contribution in [2.75, 3.05) is 21.3 Å². The topological polar surface area (TPSA) is 70.8 Å². The van der Waals surface area contributed by atoms with Gasteiger partial charge in [0.2, 0.25) is 11.7 Å². The van der Waals surface area contributed by atoms with Gasteiger partial charge in [0.15, 0.2) is 0 Å². The highest BCUT2D eigenvalue weighted by molar-refractivity contribution is 5.87. The zero-order valence-electron chi connectivity index (χ0n) is 11.4. The summed E-state index contributed by atoms with van der Waals surface area (Å²) in [5.41, 5.74) is -0.259. The Morgan fingerprint density at radius 3 is 2.50 bits per heavy atom. The van der Waals surface area contributed by atoms with Gasteiger partial charge in [0.25, 0.3) is 0 Å². The number of carbonyl (C=O) groups is 1. The van der Waals surface area contributed by atoms with Crippen molar-refractivity contribution in [2.24, 2.45) is 0 Å². The number of esters is 1. The van der Waals surface area contributed by atoms with Gasteiger partial charge in [-0.1, -0.05) is 6.92 Å². The standard InChI is InChI=1S/C12H19NO5/c1-6-12(2,17-5)11-13-8(7-15-3)9(18-11)10(14)16-4/h6-7H2,1-5H3. The molecule has 1 aromatic rings. The predicted octanol–water partition coefficient (Wildman–Crippen LogP) is 1.88. The van der Waals surface area contributed by atoms with Gasteiger partial charge in [-0.15, -0.1) is 0 Å². The van der Waals surface area contributed by atoms with Crippen LogP contribution in [0.15, 0.2) is 4.42 Å². The Balaban J connectivity index is 3.20. The van der Waals surface area contributed by atoms with Crippen LogP contribution in [-0.2, 0) is 26.4 Å². The van der Waals surface area contributed by atoms with E-state index < -0.39 is 11.6 Å². The number of ether oxygens (including phenoxy) is 3. The van der Waals surface area contributed by atoms with E-state index in [1.807, 2.05) is 13.8 Å². The molecule has 0 fully saturated rings.